The molecule has 0 aliphatic rings. The van der Waals surface area contributed by atoms with Crippen molar-refractivity contribution in [3.63, 3.8) is 0 Å². The van der Waals surface area contributed by atoms with Crippen LogP contribution < -0.4 is 0 Å². The largest absolute Gasteiger partial charge is 0.414 e. The molecule has 0 N–H and O–H groups in total. The zero-order valence-corrected chi connectivity index (χ0v) is 18.9. The maximum absolute atomic E-state index is 6.75. The summed E-state index contributed by atoms with van der Waals surface area (Å²) in [6.45, 7) is 16.8. The van der Waals surface area contributed by atoms with E-state index in [1.165, 1.54) is 36.3 Å². The Bertz CT molecular complexity index is 294. The Kier molecular flexibility index (Phi) is 12.5. The van der Waals surface area contributed by atoms with Crippen LogP contribution in [-0.2, 0) is 8.85 Å². The van der Waals surface area contributed by atoms with Gasteiger partial charge in [-0.2, -0.15) is 0 Å². The van der Waals surface area contributed by atoms with Gasteiger partial charge in [0.2, 0.25) is 0 Å². The molecule has 0 aromatic carbocycles. The molecule has 0 aromatic heterocycles. The van der Waals surface area contributed by atoms with Crippen LogP contribution in [0.4, 0.5) is 0 Å². The Morgan fingerprint density at radius 1 is 0.696 bits per heavy atom. The van der Waals surface area contributed by atoms with E-state index in [9.17, 15) is 0 Å². The molecular weight excluding hydrogens is 316 g/mol. The predicted molar refractivity (Wildman–Crippen MR) is 109 cm³/mol. The third kappa shape index (κ3) is 7.67. The molecule has 0 unspecified atom stereocenters. The molecule has 0 heterocycles. The molecule has 23 heavy (non-hydrogen) atoms. The van der Waals surface area contributed by atoms with Crippen molar-refractivity contribution in [3.05, 3.63) is 12.2 Å². The Labute approximate surface area is 148 Å². The summed E-state index contributed by atoms with van der Waals surface area (Å²) in [5.74, 6) is 0. The van der Waals surface area contributed by atoms with Gasteiger partial charge in [-0.05, 0) is 49.1 Å². The summed E-state index contributed by atoms with van der Waals surface area (Å²) in [5, 5.41) is 0. The molecule has 1 atom stereocenters. The summed E-state index contributed by atoms with van der Waals surface area (Å²) in [7, 11) is -3.09. The van der Waals surface area contributed by atoms with E-state index in [2.05, 4.69) is 60.6 Å². The zero-order chi connectivity index (χ0) is 17.8. The minimum Gasteiger partial charge on any atom is -0.414 e. The lowest BCUT2D eigenvalue weighted by atomic mass is 10.2. The fourth-order valence-corrected chi connectivity index (χ4v) is 8.77. The highest BCUT2D eigenvalue weighted by molar-refractivity contribution is 6.74. The molecule has 0 saturated carbocycles. The number of allylic oxidation sites excluding steroid dienone is 1. The molecule has 0 aromatic rings. The Morgan fingerprint density at radius 3 is 1.57 bits per heavy atom. The van der Waals surface area contributed by atoms with E-state index in [4.69, 9.17) is 8.85 Å². The van der Waals surface area contributed by atoms with Gasteiger partial charge in [-0.15, -0.1) is 0 Å². The van der Waals surface area contributed by atoms with Crippen LogP contribution in [-0.4, -0.2) is 29.3 Å². The topological polar surface area (TPSA) is 18.5 Å². The van der Waals surface area contributed by atoms with Crippen molar-refractivity contribution in [1.82, 2.24) is 0 Å². The maximum Gasteiger partial charge on any atom is 0.192 e. The molecule has 0 aliphatic heterocycles. The van der Waals surface area contributed by atoms with Gasteiger partial charge in [-0.1, -0.05) is 60.6 Å². The first-order chi connectivity index (χ1) is 11.0. The van der Waals surface area contributed by atoms with Crippen LogP contribution in [0.2, 0.25) is 36.3 Å². The van der Waals surface area contributed by atoms with E-state index >= 15 is 0 Å². The molecule has 138 valence electrons. The first-order valence-electron chi connectivity index (χ1n) is 9.97. The SMILES string of the molecule is CC/C=C\C[C@@H](CO[Si](CC)(CC)CC)O[Si](CC)(CC)CC. The van der Waals surface area contributed by atoms with Crippen LogP contribution in [0.1, 0.15) is 61.3 Å². The molecule has 2 nitrogen and oxygen atoms in total. The van der Waals surface area contributed by atoms with Crippen LogP contribution in [0.3, 0.4) is 0 Å². The number of hydrogen-bond acceptors (Lipinski definition) is 2. The highest BCUT2D eigenvalue weighted by Crippen LogP contribution is 2.27. The van der Waals surface area contributed by atoms with Gasteiger partial charge < -0.3 is 8.85 Å². The summed E-state index contributed by atoms with van der Waals surface area (Å²) in [6.07, 6.45) is 6.91. The van der Waals surface area contributed by atoms with Crippen molar-refractivity contribution in [2.75, 3.05) is 6.61 Å². The monoisotopic (exact) mass is 358 g/mol. The first-order valence-corrected chi connectivity index (χ1v) is 15.0. The minimum atomic E-state index is -1.57. The summed E-state index contributed by atoms with van der Waals surface area (Å²) in [5.41, 5.74) is 0. The van der Waals surface area contributed by atoms with E-state index in [0.717, 1.165) is 19.4 Å². The van der Waals surface area contributed by atoms with Crippen molar-refractivity contribution in [2.24, 2.45) is 0 Å². The number of rotatable bonds is 14. The predicted octanol–water partition coefficient (Wildman–Crippen LogP) is 6.75. The third-order valence-electron chi connectivity index (χ3n) is 5.66. The summed E-state index contributed by atoms with van der Waals surface area (Å²) < 4.78 is 13.3. The maximum atomic E-state index is 6.75. The van der Waals surface area contributed by atoms with Gasteiger partial charge in [0.15, 0.2) is 16.6 Å². The minimum absolute atomic E-state index is 0.251. The van der Waals surface area contributed by atoms with Gasteiger partial charge in [0.25, 0.3) is 0 Å². The summed E-state index contributed by atoms with van der Waals surface area (Å²) in [4.78, 5) is 0. The van der Waals surface area contributed by atoms with Gasteiger partial charge in [0.05, 0.1) is 12.7 Å². The van der Waals surface area contributed by atoms with Crippen molar-refractivity contribution in [1.29, 1.82) is 0 Å². The van der Waals surface area contributed by atoms with Gasteiger partial charge in [0.1, 0.15) is 0 Å². The fraction of sp³-hybridized carbons (Fsp3) is 0.895. The lowest BCUT2D eigenvalue weighted by molar-refractivity contribution is 0.114. The average molecular weight is 359 g/mol. The molecule has 0 amide bonds. The van der Waals surface area contributed by atoms with Gasteiger partial charge >= 0.3 is 0 Å². The molecule has 0 spiro atoms. The van der Waals surface area contributed by atoms with Crippen molar-refractivity contribution in [3.8, 4) is 0 Å². The summed E-state index contributed by atoms with van der Waals surface area (Å²) >= 11 is 0. The van der Waals surface area contributed by atoms with Crippen LogP contribution in [0.25, 0.3) is 0 Å². The zero-order valence-electron chi connectivity index (χ0n) is 16.9. The lowest BCUT2D eigenvalue weighted by Crippen LogP contribution is -2.44. The summed E-state index contributed by atoms with van der Waals surface area (Å²) in [6, 6.07) is 7.30. The molecule has 0 aliphatic carbocycles. The normalized spacial score (nSPS) is 14.6. The van der Waals surface area contributed by atoms with E-state index < -0.39 is 16.6 Å². The lowest BCUT2D eigenvalue weighted by Gasteiger charge is -2.35. The van der Waals surface area contributed by atoms with Gasteiger partial charge in [-0.25, -0.2) is 0 Å². The van der Waals surface area contributed by atoms with E-state index in [1.807, 2.05) is 0 Å². The highest BCUT2D eigenvalue weighted by Gasteiger charge is 2.34. The van der Waals surface area contributed by atoms with E-state index in [0.29, 0.717) is 0 Å². The van der Waals surface area contributed by atoms with Crippen molar-refractivity contribution in [2.45, 2.75) is 104 Å². The second-order valence-corrected chi connectivity index (χ2v) is 16.2. The molecule has 0 fully saturated rings. The van der Waals surface area contributed by atoms with E-state index in [-0.39, 0.29) is 6.10 Å². The van der Waals surface area contributed by atoms with Crippen LogP contribution in [0, 0.1) is 0 Å². The van der Waals surface area contributed by atoms with Crippen molar-refractivity contribution >= 4 is 16.6 Å². The first kappa shape index (κ1) is 23.1. The van der Waals surface area contributed by atoms with Gasteiger partial charge in [0, 0.05) is 0 Å². The highest BCUT2D eigenvalue weighted by atomic mass is 28.4. The van der Waals surface area contributed by atoms with Crippen LogP contribution >= 0.6 is 0 Å². The molecule has 4 heteroatoms. The second kappa shape index (κ2) is 12.5. The molecule has 0 saturated heterocycles. The Balaban J connectivity index is 4.96. The van der Waals surface area contributed by atoms with E-state index in [1.54, 1.807) is 0 Å². The quantitative estimate of drug-likeness (QED) is 0.252. The Morgan fingerprint density at radius 2 is 1.17 bits per heavy atom. The molecule has 0 bridgehead atoms. The van der Waals surface area contributed by atoms with Crippen molar-refractivity contribution < 1.29 is 8.85 Å². The average Bonchev–Trinajstić information content (AvgIpc) is 2.61. The smallest absolute Gasteiger partial charge is 0.192 e. The molecule has 0 rings (SSSR count). The second-order valence-electron chi connectivity index (χ2n) is 6.65. The van der Waals surface area contributed by atoms with Gasteiger partial charge in [-0.3, -0.25) is 0 Å². The third-order valence-corrected chi connectivity index (χ3v) is 15.0. The van der Waals surface area contributed by atoms with Crippen LogP contribution in [0.15, 0.2) is 12.2 Å². The Hall–Kier alpha value is 0.0938. The molecule has 0 radical (unpaired) electrons. The number of hydrogen-bond donors (Lipinski definition) is 0. The standard InChI is InChI=1S/C19H42O2Si2/c1-8-15-16-17-19(21-23(12-5,13-6)14-7)18-20-22(9-2,10-3)11-4/h15-16,19H,8-14,17-18H2,1-7H3/b16-15-/t19-/m0/s1. The molecular formula is C19H42O2Si2. The van der Waals surface area contributed by atoms with Crippen LogP contribution in [0.5, 0.6) is 0 Å². The fourth-order valence-electron chi connectivity index (χ4n) is 3.24.